The lowest BCUT2D eigenvalue weighted by atomic mass is 10.2. The van der Waals surface area contributed by atoms with E-state index >= 15 is 0 Å². The van der Waals surface area contributed by atoms with Crippen LogP contribution in [0.1, 0.15) is 62.3 Å². The van der Waals surface area contributed by atoms with E-state index in [0.717, 1.165) is 41.4 Å². The van der Waals surface area contributed by atoms with Gasteiger partial charge in [0.25, 0.3) is 0 Å². The summed E-state index contributed by atoms with van der Waals surface area (Å²) in [7, 11) is 0. The molecule has 0 saturated heterocycles. The number of hydrogen-bond donors (Lipinski definition) is 0. The van der Waals surface area contributed by atoms with Gasteiger partial charge in [-0.05, 0) is 26.2 Å². The molecule has 0 amide bonds. The maximum atomic E-state index is 11.0. The first-order valence-corrected chi connectivity index (χ1v) is 7.70. The number of carbonyl (C=O) groups excluding carboxylic acids is 1. The van der Waals surface area contributed by atoms with E-state index in [-0.39, 0.29) is 0 Å². The molecule has 0 radical (unpaired) electrons. The first-order chi connectivity index (χ1) is 8.67. The predicted octanol–water partition coefficient (Wildman–Crippen LogP) is 3.92. The first-order valence-electron chi connectivity index (χ1n) is 6.89. The van der Waals surface area contributed by atoms with Crippen LogP contribution in [-0.4, -0.2) is 23.9 Å². The zero-order valence-electron chi connectivity index (χ0n) is 11.9. The molecule has 1 heterocycles. The molecule has 1 aromatic heterocycles. The minimum Gasteiger partial charge on any atom is -0.345 e. The Hall–Kier alpha value is -0.900. The van der Waals surface area contributed by atoms with Crippen molar-refractivity contribution in [2.45, 2.75) is 59.4 Å². The molecule has 0 saturated carbocycles. The van der Waals surface area contributed by atoms with Gasteiger partial charge < -0.3 is 4.90 Å². The first kappa shape index (κ1) is 15.2. The van der Waals surface area contributed by atoms with Gasteiger partial charge in [0.1, 0.15) is 0 Å². The van der Waals surface area contributed by atoms with Crippen molar-refractivity contribution < 1.29 is 4.79 Å². The second-order valence-electron chi connectivity index (χ2n) is 4.58. The Morgan fingerprint density at radius 3 is 2.56 bits per heavy atom. The molecule has 102 valence electrons. The standard InChI is InChI=1S/C14H24N2OS/c1-5-8-9-16(11(4)6-2)14-15-12(7-3)13(10-17)18-14/h10-11H,5-9H2,1-4H3. The summed E-state index contributed by atoms with van der Waals surface area (Å²) in [5.41, 5.74) is 0.940. The third-order valence-electron chi connectivity index (χ3n) is 3.28. The van der Waals surface area contributed by atoms with Crippen LogP contribution in [-0.2, 0) is 6.42 Å². The van der Waals surface area contributed by atoms with Gasteiger partial charge in [-0.15, -0.1) is 0 Å². The third-order valence-corrected chi connectivity index (χ3v) is 4.34. The van der Waals surface area contributed by atoms with E-state index in [0.29, 0.717) is 6.04 Å². The Morgan fingerprint density at radius 2 is 2.11 bits per heavy atom. The van der Waals surface area contributed by atoms with Crippen LogP contribution in [0.15, 0.2) is 0 Å². The number of hydrogen-bond acceptors (Lipinski definition) is 4. The monoisotopic (exact) mass is 268 g/mol. The van der Waals surface area contributed by atoms with Crippen LogP contribution in [0.5, 0.6) is 0 Å². The quantitative estimate of drug-likeness (QED) is 0.670. The average molecular weight is 268 g/mol. The lowest BCUT2D eigenvalue weighted by Gasteiger charge is -2.28. The molecule has 1 rings (SSSR count). The molecule has 18 heavy (non-hydrogen) atoms. The summed E-state index contributed by atoms with van der Waals surface area (Å²) in [5, 5.41) is 1.01. The molecular weight excluding hydrogens is 244 g/mol. The molecule has 1 aromatic rings. The predicted molar refractivity (Wildman–Crippen MR) is 78.9 cm³/mol. The third kappa shape index (κ3) is 3.55. The number of nitrogens with zero attached hydrogens (tertiary/aromatic N) is 2. The molecule has 1 unspecified atom stereocenters. The van der Waals surface area contributed by atoms with Crippen molar-refractivity contribution >= 4 is 22.8 Å². The molecule has 0 aliphatic carbocycles. The van der Waals surface area contributed by atoms with Crippen LogP contribution >= 0.6 is 11.3 Å². The highest BCUT2D eigenvalue weighted by atomic mass is 32.1. The van der Waals surface area contributed by atoms with Crippen molar-refractivity contribution in [2.24, 2.45) is 0 Å². The summed E-state index contributed by atoms with van der Waals surface area (Å²) in [6.07, 6.45) is 5.21. The van der Waals surface area contributed by atoms with Gasteiger partial charge in [0.05, 0.1) is 10.6 Å². The zero-order valence-corrected chi connectivity index (χ0v) is 12.7. The summed E-state index contributed by atoms with van der Waals surface area (Å²) in [6, 6.07) is 0.479. The SMILES string of the molecule is CCCCN(c1nc(CC)c(C=O)s1)C(C)CC. The van der Waals surface area contributed by atoms with Crippen molar-refractivity contribution in [1.82, 2.24) is 4.98 Å². The maximum Gasteiger partial charge on any atom is 0.186 e. The highest BCUT2D eigenvalue weighted by Crippen LogP contribution is 2.28. The number of carbonyl (C=O) groups is 1. The van der Waals surface area contributed by atoms with Crippen LogP contribution in [0, 0.1) is 0 Å². The van der Waals surface area contributed by atoms with Gasteiger partial charge in [-0.2, -0.15) is 0 Å². The summed E-state index contributed by atoms with van der Waals surface area (Å²) < 4.78 is 0. The fourth-order valence-electron chi connectivity index (χ4n) is 1.87. The van der Waals surface area contributed by atoms with Gasteiger partial charge in [-0.3, -0.25) is 4.79 Å². The molecule has 0 bridgehead atoms. The molecule has 3 nitrogen and oxygen atoms in total. The van der Waals surface area contributed by atoms with E-state index < -0.39 is 0 Å². The van der Waals surface area contributed by atoms with Crippen LogP contribution < -0.4 is 4.90 Å². The lowest BCUT2D eigenvalue weighted by molar-refractivity contribution is 0.112. The number of aryl methyl sites for hydroxylation is 1. The van der Waals surface area contributed by atoms with Gasteiger partial charge in [-0.25, -0.2) is 4.98 Å². The molecule has 0 spiro atoms. The highest BCUT2D eigenvalue weighted by Gasteiger charge is 2.18. The van der Waals surface area contributed by atoms with E-state index in [1.165, 1.54) is 24.2 Å². The molecule has 0 fully saturated rings. The van der Waals surface area contributed by atoms with Crippen LogP contribution in [0.3, 0.4) is 0 Å². The molecule has 1 atom stereocenters. The number of rotatable bonds is 8. The number of anilines is 1. The average Bonchev–Trinajstić information content (AvgIpc) is 2.81. The van der Waals surface area contributed by atoms with Gasteiger partial charge in [0.15, 0.2) is 11.4 Å². The van der Waals surface area contributed by atoms with E-state index in [4.69, 9.17) is 0 Å². The van der Waals surface area contributed by atoms with Gasteiger partial charge in [-0.1, -0.05) is 38.5 Å². The molecular formula is C14H24N2OS. The number of unbranched alkanes of at least 4 members (excludes halogenated alkanes) is 1. The largest absolute Gasteiger partial charge is 0.345 e. The maximum absolute atomic E-state index is 11.0. The number of aldehydes is 1. The normalized spacial score (nSPS) is 12.4. The summed E-state index contributed by atoms with van der Waals surface area (Å²) in [4.78, 5) is 18.8. The second-order valence-corrected chi connectivity index (χ2v) is 5.59. The summed E-state index contributed by atoms with van der Waals surface area (Å²) >= 11 is 1.53. The lowest BCUT2D eigenvalue weighted by Crippen LogP contribution is -2.33. The Kier molecular flexibility index (Phi) is 6.33. The topological polar surface area (TPSA) is 33.2 Å². The van der Waals surface area contributed by atoms with Crippen LogP contribution in [0.25, 0.3) is 0 Å². The van der Waals surface area contributed by atoms with Crippen molar-refractivity contribution in [2.75, 3.05) is 11.4 Å². The Labute approximate surface area is 114 Å². The molecule has 0 N–H and O–H groups in total. The van der Waals surface area contributed by atoms with Crippen LogP contribution in [0.2, 0.25) is 0 Å². The van der Waals surface area contributed by atoms with E-state index in [1.54, 1.807) is 0 Å². The zero-order chi connectivity index (χ0) is 13.5. The Morgan fingerprint density at radius 1 is 1.39 bits per heavy atom. The van der Waals surface area contributed by atoms with Crippen LogP contribution in [0.4, 0.5) is 5.13 Å². The minimum absolute atomic E-state index is 0.479. The fourth-order valence-corrected chi connectivity index (χ4v) is 2.97. The molecule has 0 aliphatic rings. The van der Waals surface area contributed by atoms with E-state index in [9.17, 15) is 4.79 Å². The van der Waals surface area contributed by atoms with Crippen molar-refractivity contribution in [3.63, 3.8) is 0 Å². The summed E-state index contributed by atoms with van der Waals surface area (Å²) in [5.74, 6) is 0. The molecule has 0 aromatic carbocycles. The van der Waals surface area contributed by atoms with Gasteiger partial charge in [0, 0.05) is 12.6 Å². The molecule has 0 aliphatic heterocycles. The van der Waals surface area contributed by atoms with Crippen molar-refractivity contribution in [3.05, 3.63) is 10.6 Å². The Balaban J connectivity index is 2.96. The second kappa shape index (κ2) is 7.52. The van der Waals surface area contributed by atoms with Gasteiger partial charge >= 0.3 is 0 Å². The fraction of sp³-hybridized carbons (Fsp3) is 0.714. The number of aromatic nitrogens is 1. The summed E-state index contributed by atoms with van der Waals surface area (Å²) in [6.45, 7) is 9.69. The van der Waals surface area contributed by atoms with E-state index in [1.807, 2.05) is 6.92 Å². The minimum atomic E-state index is 0.479. The highest BCUT2D eigenvalue weighted by molar-refractivity contribution is 7.17. The van der Waals surface area contributed by atoms with E-state index in [2.05, 4.69) is 30.7 Å². The smallest absolute Gasteiger partial charge is 0.186 e. The van der Waals surface area contributed by atoms with Crippen molar-refractivity contribution in [3.8, 4) is 0 Å². The number of thiazole rings is 1. The Bertz CT molecular complexity index is 376. The molecule has 4 heteroatoms. The van der Waals surface area contributed by atoms with Crippen molar-refractivity contribution in [1.29, 1.82) is 0 Å². The van der Waals surface area contributed by atoms with Gasteiger partial charge in [0.2, 0.25) is 0 Å².